The van der Waals surface area contributed by atoms with Gasteiger partial charge >= 0.3 is 0 Å². The summed E-state index contributed by atoms with van der Waals surface area (Å²) in [7, 11) is 0. The van der Waals surface area contributed by atoms with Crippen LogP contribution in [0, 0.1) is 0 Å². The van der Waals surface area contributed by atoms with E-state index in [-0.39, 0.29) is 0 Å². The Kier molecular flexibility index (Phi) is 3.20. The van der Waals surface area contributed by atoms with Crippen molar-refractivity contribution in [2.24, 2.45) is 5.73 Å². The highest BCUT2D eigenvalue weighted by Gasteiger charge is 2.11. The van der Waals surface area contributed by atoms with E-state index in [0.717, 1.165) is 35.1 Å². The van der Waals surface area contributed by atoms with Crippen LogP contribution in [-0.4, -0.2) is 26.3 Å². The second kappa shape index (κ2) is 5.16. The van der Waals surface area contributed by atoms with Crippen molar-refractivity contribution in [3.63, 3.8) is 0 Å². The van der Waals surface area contributed by atoms with Crippen LogP contribution in [0.25, 0.3) is 22.2 Å². The minimum absolute atomic E-state index is 0.664. The Balaban J connectivity index is 2.15. The van der Waals surface area contributed by atoms with Crippen LogP contribution < -0.4 is 5.73 Å². The maximum Gasteiger partial charge on any atom is 0.102 e. The van der Waals surface area contributed by atoms with E-state index < -0.39 is 0 Å². The summed E-state index contributed by atoms with van der Waals surface area (Å²) in [5.74, 6) is 0. The summed E-state index contributed by atoms with van der Waals surface area (Å²) in [6.07, 6.45) is 8.11. The first kappa shape index (κ1) is 11.8. The molecule has 2 N–H and O–H groups in total. The number of hydrogen-bond donors (Lipinski definition) is 1. The van der Waals surface area contributed by atoms with Gasteiger partial charge in [0.1, 0.15) is 5.69 Å². The normalized spacial score (nSPS) is 11.0. The Morgan fingerprint density at radius 1 is 1.05 bits per heavy atom. The van der Waals surface area contributed by atoms with Crippen LogP contribution in [0.2, 0.25) is 0 Å². The molecule has 5 heteroatoms. The van der Waals surface area contributed by atoms with Gasteiger partial charge in [0.05, 0.1) is 5.52 Å². The summed E-state index contributed by atoms with van der Waals surface area (Å²) < 4.78 is 2.00. The van der Waals surface area contributed by atoms with E-state index in [0.29, 0.717) is 6.54 Å². The summed E-state index contributed by atoms with van der Waals surface area (Å²) in [6, 6.07) is 5.91. The number of rotatable bonds is 4. The summed E-state index contributed by atoms with van der Waals surface area (Å²) in [6.45, 7) is 1.49. The molecular weight excluding hydrogens is 238 g/mol. The van der Waals surface area contributed by atoms with Crippen LogP contribution in [0.1, 0.15) is 6.42 Å². The third kappa shape index (κ3) is 2.20. The fourth-order valence-corrected chi connectivity index (χ4v) is 2.16. The monoisotopic (exact) mass is 253 g/mol. The molecule has 0 bridgehead atoms. The van der Waals surface area contributed by atoms with Crippen molar-refractivity contribution in [3.05, 3.63) is 43.0 Å². The van der Waals surface area contributed by atoms with E-state index in [1.807, 2.05) is 29.1 Å². The van der Waals surface area contributed by atoms with Gasteiger partial charge in [-0.1, -0.05) is 0 Å². The van der Waals surface area contributed by atoms with Crippen LogP contribution in [0.5, 0.6) is 0 Å². The largest absolute Gasteiger partial charge is 0.330 e. The molecule has 0 saturated heterocycles. The van der Waals surface area contributed by atoms with Gasteiger partial charge in [0.2, 0.25) is 0 Å². The minimum Gasteiger partial charge on any atom is -0.330 e. The highest BCUT2D eigenvalue weighted by molar-refractivity contribution is 5.92. The molecule has 0 aliphatic carbocycles. The molecular formula is C14H15N5. The molecule has 0 aliphatic heterocycles. The van der Waals surface area contributed by atoms with E-state index >= 15 is 0 Å². The molecule has 3 aromatic heterocycles. The predicted octanol–water partition coefficient (Wildman–Crippen LogP) is 1.84. The maximum atomic E-state index is 5.58. The second-order valence-electron chi connectivity index (χ2n) is 4.34. The van der Waals surface area contributed by atoms with Crippen molar-refractivity contribution >= 4 is 10.9 Å². The highest BCUT2D eigenvalue weighted by Crippen LogP contribution is 2.26. The molecule has 0 amide bonds. The molecule has 3 rings (SSSR count). The summed E-state index contributed by atoms with van der Waals surface area (Å²) in [4.78, 5) is 8.24. The zero-order valence-corrected chi connectivity index (χ0v) is 10.5. The Morgan fingerprint density at radius 3 is 2.63 bits per heavy atom. The predicted molar refractivity (Wildman–Crippen MR) is 74.4 cm³/mol. The molecule has 0 aromatic carbocycles. The molecule has 0 spiro atoms. The number of fused-ring (bicyclic) bond motifs is 1. The molecule has 19 heavy (non-hydrogen) atoms. The average Bonchev–Trinajstić information content (AvgIpc) is 2.85. The second-order valence-corrected chi connectivity index (χ2v) is 4.34. The molecule has 0 fully saturated rings. The Morgan fingerprint density at radius 2 is 1.84 bits per heavy atom. The molecule has 0 aliphatic rings. The van der Waals surface area contributed by atoms with Crippen LogP contribution >= 0.6 is 0 Å². The lowest BCUT2D eigenvalue weighted by molar-refractivity contribution is 0.604. The number of nitrogens with zero attached hydrogens (tertiary/aromatic N) is 4. The third-order valence-electron chi connectivity index (χ3n) is 3.08. The van der Waals surface area contributed by atoms with Gasteiger partial charge in [-0.2, -0.15) is 5.10 Å². The summed E-state index contributed by atoms with van der Waals surface area (Å²) >= 11 is 0. The van der Waals surface area contributed by atoms with Crippen molar-refractivity contribution in [2.75, 3.05) is 6.54 Å². The van der Waals surface area contributed by atoms with Crippen molar-refractivity contribution in [3.8, 4) is 11.3 Å². The third-order valence-corrected chi connectivity index (χ3v) is 3.08. The highest BCUT2D eigenvalue weighted by atomic mass is 15.3. The van der Waals surface area contributed by atoms with Crippen LogP contribution in [-0.2, 0) is 6.54 Å². The van der Waals surface area contributed by atoms with E-state index in [4.69, 9.17) is 10.8 Å². The number of nitrogens with two attached hydrogens (primary N) is 1. The van der Waals surface area contributed by atoms with Crippen molar-refractivity contribution in [2.45, 2.75) is 13.0 Å². The van der Waals surface area contributed by atoms with Crippen molar-refractivity contribution < 1.29 is 0 Å². The molecule has 0 radical (unpaired) electrons. The van der Waals surface area contributed by atoms with Gasteiger partial charge in [-0.15, -0.1) is 0 Å². The molecule has 5 nitrogen and oxygen atoms in total. The number of aromatic nitrogens is 4. The smallest absolute Gasteiger partial charge is 0.102 e. The minimum atomic E-state index is 0.664. The topological polar surface area (TPSA) is 69.6 Å². The first-order valence-corrected chi connectivity index (χ1v) is 6.31. The standard InChI is InChI=1S/C14H15N5/c15-5-1-9-19-13-4-8-17-10-12(13)14(18-19)11-2-6-16-7-3-11/h2-4,6-8,10H,1,5,9,15H2. The summed E-state index contributed by atoms with van der Waals surface area (Å²) in [5.41, 5.74) is 8.67. The molecule has 3 heterocycles. The van der Waals surface area contributed by atoms with Crippen LogP contribution in [0.4, 0.5) is 0 Å². The quantitative estimate of drug-likeness (QED) is 0.770. The lowest BCUT2D eigenvalue weighted by Crippen LogP contribution is -2.06. The zero-order valence-electron chi connectivity index (χ0n) is 10.5. The van der Waals surface area contributed by atoms with Gasteiger partial charge in [-0.3, -0.25) is 14.6 Å². The Bertz CT molecular complexity index is 675. The Hall–Kier alpha value is -2.27. The lowest BCUT2D eigenvalue weighted by atomic mass is 10.1. The van der Waals surface area contributed by atoms with Gasteiger partial charge in [-0.25, -0.2) is 0 Å². The number of pyridine rings is 2. The maximum absolute atomic E-state index is 5.58. The van der Waals surface area contributed by atoms with Gasteiger partial charge in [0.25, 0.3) is 0 Å². The fourth-order valence-electron chi connectivity index (χ4n) is 2.16. The van der Waals surface area contributed by atoms with E-state index in [1.54, 1.807) is 18.6 Å². The molecule has 96 valence electrons. The lowest BCUT2D eigenvalue weighted by Gasteiger charge is -2.00. The zero-order chi connectivity index (χ0) is 13.1. The first-order valence-electron chi connectivity index (χ1n) is 6.31. The molecule has 0 atom stereocenters. The first-order chi connectivity index (χ1) is 9.40. The van der Waals surface area contributed by atoms with Crippen LogP contribution in [0.3, 0.4) is 0 Å². The van der Waals surface area contributed by atoms with E-state index in [9.17, 15) is 0 Å². The van der Waals surface area contributed by atoms with Gasteiger partial charge in [0.15, 0.2) is 0 Å². The van der Waals surface area contributed by atoms with Gasteiger partial charge in [0, 0.05) is 42.3 Å². The SMILES string of the molecule is NCCCn1nc(-c2ccncc2)c2cnccc21. The number of aryl methyl sites for hydroxylation is 1. The molecule has 3 aromatic rings. The number of hydrogen-bond acceptors (Lipinski definition) is 4. The average molecular weight is 253 g/mol. The van der Waals surface area contributed by atoms with E-state index in [2.05, 4.69) is 9.97 Å². The fraction of sp³-hybridized carbons (Fsp3) is 0.214. The molecule has 0 saturated carbocycles. The molecule has 0 unspecified atom stereocenters. The van der Waals surface area contributed by atoms with Gasteiger partial charge < -0.3 is 5.73 Å². The van der Waals surface area contributed by atoms with E-state index in [1.165, 1.54) is 0 Å². The van der Waals surface area contributed by atoms with Crippen molar-refractivity contribution in [1.29, 1.82) is 0 Å². The summed E-state index contributed by atoms with van der Waals surface area (Å²) in [5, 5.41) is 5.75. The van der Waals surface area contributed by atoms with Crippen LogP contribution in [0.15, 0.2) is 43.0 Å². The van der Waals surface area contributed by atoms with Gasteiger partial charge in [-0.05, 0) is 31.2 Å². The van der Waals surface area contributed by atoms with Crippen molar-refractivity contribution in [1.82, 2.24) is 19.7 Å². The Labute approximate surface area is 111 Å².